The molecule has 4 rings (SSSR count). The van der Waals surface area contributed by atoms with Gasteiger partial charge in [-0.3, -0.25) is 9.69 Å². The molecule has 0 aliphatic carbocycles. The Labute approximate surface area is 116 Å². The number of nitrogens with one attached hydrogen (secondary N) is 1. The van der Waals surface area contributed by atoms with Gasteiger partial charge < -0.3 is 5.32 Å². The van der Waals surface area contributed by atoms with E-state index in [9.17, 15) is 4.79 Å². The average Bonchev–Trinajstić information content (AvgIpc) is 2.40. The minimum absolute atomic E-state index is 0.0278. The molecule has 3 heterocycles. The summed E-state index contributed by atoms with van der Waals surface area (Å²) in [6.45, 7) is 2.26. The van der Waals surface area contributed by atoms with Crippen LogP contribution in [-0.2, 0) is 0 Å². The maximum atomic E-state index is 12.2. The SMILES string of the molecule is O=C(NC1CC2CCN1CC2)c1ccccc1Br. The summed E-state index contributed by atoms with van der Waals surface area (Å²) in [4.78, 5) is 14.6. The van der Waals surface area contributed by atoms with Crippen molar-refractivity contribution < 1.29 is 4.79 Å². The van der Waals surface area contributed by atoms with E-state index >= 15 is 0 Å². The largest absolute Gasteiger partial charge is 0.336 e. The summed E-state index contributed by atoms with van der Waals surface area (Å²) in [6, 6.07) is 7.58. The van der Waals surface area contributed by atoms with Gasteiger partial charge in [-0.15, -0.1) is 0 Å². The van der Waals surface area contributed by atoms with Crippen molar-refractivity contribution in [1.29, 1.82) is 0 Å². The van der Waals surface area contributed by atoms with Crippen molar-refractivity contribution >= 4 is 21.8 Å². The number of benzene rings is 1. The third-order valence-electron chi connectivity index (χ3n) is 4.06. The predicted octanol–water partition coefficient (Wildman–Crippen LogP) is 2.62. The molecule has 0 spiro atoms. The molecule has 1 amide bonds. The van der Waals surface area contributed by atoms with Crippen molar-refractivity contribution in [3.8, 4) is 0 Å². The summed E-state index contributed by atoms with van der Waals surface area (Å²) in [5.74, 6) is 0.833. The van der Waals surface area contributed by atoms with E-state index in [0.29, 0.717) is 0 Å². The molecule has 0 radical (unpaired) electrons. The molecule has 1 atom stereocenters. The molecule has 4 heteroatoms. The van der Waals surface area contributed by atoms with E-state index in [2.05, 4.69) is 26.1 Å². The van der Waals surface area contributed by atoms with Crippen molar-refractivity contribution in [1.82, 2.24) is 10.2 Å². The first-order valence-corrected chi connectivity index (χ1v) is 7.33. The lowest BCUT2D eigenvalue weighted by atomic mass is 9.86. The van der Waals surface area contributed by atoms with Gasteiger partial charge in [-0.25, -0.2) is 0 Å². The molecule has 3 aliphatic heterocycles. The first-order valence-electron chi connectivity index (χ1n) is 6.53. The van der Waals surface area contributed by atoms with Crippen LogP contribution >= 0.6 is 15.9 Å². The summed E-state index contributed by atoms with van der Waals surface area (Å²) < 4.78 is 0.860. The Morgan fingerprint density at radius 3 is 2.61 bits per heavy atom. The van der Waals surface area contributed by atoms with Crippen molar-refractivity contribution in [3.63, 3.8) is 0 Å². The summed E-state index contributed by atoms with van der Waals surface area (Å²) >= 11 is 3.43. The van der Waals surface area contributed by atoms with Gasteiger partial charge in [-0.2, -0.15) is 0 Å². The second kappa shape index (κ2) is 5.02. The van der Waals surface area contributed by atoms with E-state index in [-0.39, 0.29) is 12.1 Å². The zero-order valence-electron chi connectivity index (χ0n) is 10.2. The van der Waals surface area contributed by atoms with Crippen molar-refractivity contribution in [3.05, 3.63) is 34.3 Å². The van der Waals surface area contributed by atoms with Crippen LogP contribution in [-0.4, -0.2) is 30.1 Å². The number of halogens is 1. The normalized spacial score (nSPS) is 30.2. The number of fused-ring (bicyclic) bond motifs is 3. The van der Waals surface area contributed by atoms with Crippen LogP contribution in [0.5, 0.6) is 0 Å². The number of carbonyl (C=O) groups is 1. The number of carbonyl (C=O) groups excluding carboxylic acids is 1. The van der Waals surface area contributed by atoms with Crippen molar-refractivity contribution in [2.75, 3.05) is 13.1 Å². The first kappa shape index (κ1) is 12.2. The lowest BCUT2D eigenvalue weighted by Crippen LogP contribution is -2.56. The fourth-order valence-electron chi connectivity index (χ4n) is 2.99. The van der Waals surface area contributed by atoms with Crippen molar-refractivity contribution in [2.45, 2.75) is 25.4 Å². The van der Waals surface area contributed by atoms with Crippen LogP contribution in [0.25, 0.3) is 0 Å². The van der Waals surface area contributed by atoms with Crippen LogP contribution in [0.3, 0.4) is 0 Å². The second-order valence-electron chi connectivity index (χ2n) is 5.18. The quantitative estimate of drug-likeness (QED) is 0.911. The standard InChI is InChI=1S/C14H17BrN2O/c15-12-4-2-1-3-11(12)14(18)16-13-9-10-5-7-17(13)8-6-10/h1-4,10,13H,5-9H2,(H,16,18). The molecule has 3 aliphatic rings. The van der Waals surface area contributed by atoms with Gasteiger partial charge in [0.2, 0.25) is 0 Å². The minimum atomic E-state index is 0.0278. The predicted molar refractivity (Wildman–Crippen MR) is 74.3 cm³/mol. The maximum absolute atomic E-state index is 12.2. The molecule has 3 saturated heterocycles. The topological polar surface area (TPSA) is 32.3 Å². The van der Waals surface area contributed by atoms with Crippen LogP contribution in [0.1, 0.15) is 29.6 Å². The molecule has 0 aromatic heterocycles. The molecule has 1 N–H and O–H groups in total. The molecular formula is C14H17BrN2O. The van der Waals surface area contributed by atoms with Crippen LogP contribution in [0.15, 0.2) is 28.7 Å². The van der Waals surface area contributed by atoms with E-state index < -0.39 is 0 Å². The van der Waals surface area contributed by atoms with E-state index in [1.54, 1.807) is 0 Å². The number of amides is 1. The molecule has 1 aromatic carbocycles. The highest BCUT2D eigenvalue weighted by molar-refractivity contribution is 9.10. The van der Waals surface area contributed by atoms with E-state index in [1.807, 2.05) is 24.3 Å². The Morgan fingerprint density at radius 1 is 1.28 bits per heavy atom. The average molecular weight is 309 g/mol. The molecule has 1 aromatic rings. The monoisotopic (exact) mass is 308 g/mol. The summed E-state index contributed by atoms with van der Waals surface area (Å²) in [7, 11) is 0. The van der Waals surface area contributed by atoms with Crippen molar-refractivity contribution in [2.24, 2.45) is 5.92 Å². The van der Waals surface area contributed by atoms with Crippen LogP contribution in [0, 0.1) is 5.92 Å². The number of piperidine rings is 3. The number of nitrogens with zero attached hydrogens (tertiary/aromatic N) is 1. The van der Waals surface area contributed by atoms with Gasteiger partial charge in [-0.1, -0.05) is 12.1 Å². The molecule has 18 heavy (non-hydrogen) atoms. The molecule has 2 bridgehead atoms. The molecule has 96 valence electrons. The van der Waals surface area contributed by atoms with Crippen LogP contribution in [0.4, 0.5) is 0 Å². The Balaban J connectivity index is 1.70. The van der Waals surface area contributed by atoms with E-state index in [0.717, 1.165) is 35.5 Å². The Bertz CT molecular complexity index is 455. The lowest BCUT2D eigenvalue weighted by Gasteiger charge is -2.45. The Kier molecular flexibility index (Phi) is 3.39. The highest BCUT2D eigenvalue weighted by Gasteiger charge is 2.34. The Hall–Kier alpha value is -0.870. The van der Waals surface area contributed by atoms with Gasteiger partial charge in [0.25, 0.3) is 5.91 Å². The Morgan fingerprint density at radius 2 is 2.00 bits per heavy atom. The first-order chi connectivity index (χ1) is 8.74. The van der Waals surface area contributed by atoms with Gasteiger partial charge in [0.05, 0.1) is 11.7 Å². The number of hydrogen-bond acceptors (Lipinski definition) is 2. The second-order valence-corrected chi connectivity index (χ2v) is 6.04. The van der Waals surface area contributed by atoms with Crippen LogP contribution in [0.2, 0.25) is 0 Å². The number of hydrogen-bond donors (Lipinski definition) is 1. The summed E-state index contributed by atoms with van der Waals surface area (Å²) in [6.07, 6.45) is 3.93. The minimum Gasteiger partial charge on any atom is -0.336 e. The smallest absolute Gasteiger partial charge is 0.253 e. The van der Waals surface area contributed by atoms with Crippen LogP contribution < -0.4 is 5.32 Å². The summed E-state index contributed by atoms with van der Waals surface area (Å²) in [5.41, 5.74) is 0.722. The zero-order chi connectivity index (χ0) is 12.5. The molecule has 1 unspecified atom stereocenters. The third kappa shape index (κ3) is 2.31. The fourth-order valence-corrected chi connectivity index (χ4v) is 3.45. The summed E-state index contributed by atoms with van der Waals surface area (Å²) in [5, 5.41) is 3.16. The molecule has 0 saturated carbocycles. The maximum Gasteiger partial charge on any atom is 0.253 e. The lowest BCUT2D eigenvalue weighted by molar-refractivity contribution is 0.0295. The molecular weight excluding hydrogens is 292 g/mol. The van der Waals surface area contributed by atoms with Gasteiger partial charge in [-0.05, 0) is 53.2 Å². The highest BCUT2D eigenvalue weighted by atomic mass is 79.9. The highest BCUT2D eigenvalue weighted by Crippen LogP contribution is 2.30. The molecule has 3 nitrogen and oxygen atoms in total. The molecule has 3 fully saturated rings. The third-order valence-corrected chi connectivity index (χ3v) is 4.75. The van der Waals surface area contributed by atoms with Gasteiger partial charge in [0.1, 0.15) is 0 Å². The zero-order valence-corrected chi connectivity index (χ0v) is 11.8. The van der Waals surface area contributed by atoms with E-state index in [1.165, 1.54) is 12.8 Å². The van der Waals surface area contributed by atoms with Gasteiger partial charge >= 0.3 is 0 Å². The van der Waals surface area contributed by atoms with Gasteiger partial charge in [0, 0.05) is 17.6 Å². The van der Waals surface area contributed by atoms with E-state index in [4.69, 9.17) is 0 Å². The van der Waals surface area contributed by atoms with Gasteiger partial charge in [0.15, 0.2) is 0 Å². The fraction of sp³-hybridized carbons (Fsp3) is 0.500. The number of rotatable bonds is 2.